The third-order valence-electron chi connectivity index (χ3n) is 4.28. The number of oxazole rings is 1. The van der Waals surface area contributed by atoms with Gasteiger partial charge < -0.3 is 14.6 Å². The van der Waals surface area contributed by atoms with E-state index in [9.17, 15) is 4.79 Å². The number of likely N-dealkylation sites (tertiary alicyclic amines) is 1. The second-order valence-electron chi connectivity index (χ2n) is 5.92. The van der Waals surface area contributed by atoms with Crippen LogP contribution in [0.15, 0.2) is 23.2 Å². The topological polar surface area (TPSA) is 84.2 Å². The number of piperidine rings is 1. The van der Waals surface area contributed by atoms with Crippen LogP contribution in [0, 0.1) is 6.92 Å². The first-order chi connectivity index (χ1) is 11.1. The van der Waals surface area contributed by atoms with E-state index in [-0.39, 0.29) is 11.7 Å². The first-order valence-corrected chi connectivity index (χ1v) is 7.81. The zero-order chi connectivity index (χ0) is 16.2. The molecule has 0 atom stereocenters. The minimum absolute atomic E-state index is 0.245. The second kappa shape index (κ2) is 6.87. The van der Waals surface area contributed by atoms with Crippen LogP contribution in [-0.4, -0.2) is 45.9 Å². The quantitative estimate of drug-likeness (QED) is 0.921. The molecular formula is C16H21N5O2. The molecule has 1 amide bonds. The molecule has 1 fully saturated rings. The molecule has 1 saturated heterocycles. The van der Waals surface area contributed by atoms with Gasteiger partial charge in [-0.25, -0.2) is 4.98 Å². The summed E-state index contributed by atoms with van der Waals surface area (Å²) in [6.07, 6.45) is 6.80. The van der Waals surface area contributed by atoms with Gasteiger partial charge in [-0.2, -0.15) is 0 Å². The van der Waals surface area contributed by atoms with Crippen molar-refractivity contribution >= 4 is 5.91 Å². The maximum absolute atomic E-state index is 12.1. The molecule has 0 bridgehead atoms. The normalized spacial score (nSPS) is 16.4. The number of nitrogens with zero attached hydrogens (tertiary/aromatic N) is 4. The number of amides is 1. The fraction of sp³-hybridized carbons (Fsp3) is 0.500. The molecule has 0 aromatic carbocycles. The predicted octanol–water partition coefficient (Wildman–Crippen LogP) is 1.51. The lowest BCUT2D eigenvalue weighted by atomic mass is 9.92. The highest BCUT2D eigenvalue weighted by Crippen LogP contribution is 2.27. The van der Waals surface area contributed by atoms with E-state index >= 15 is 0 Å². The number of carbonyl (C=O) groups excluding carboxylic acids is 1. The van der Waals surface area contributed by atoms with Crippen molar-refractivity contribution in [3.05, 3.63) is 41.6 Å². The number of hydrogen-bond acceptors (Lipinski definition) is 6. The van der Waals surface area contributed by atoms with Crippen LogP contribution in [0.4, 0.5) is 0 Å². The van der Waals surface area contributed by atoms with Gasteiger partial charge in [0.15, 0.2) is 6.39 Å². The van der Waals surface area contributed by atoms with E-state index in [0.29, 0.717) is 18.2 Å². The summed E-state index contributed by atoms with van der Waals surface area (Å²) < 4.78 is 5.11. The molecule has 2 aromatic rings. The van der Waals surface area contributed by atoms with E-state index in [1.165, 1.54) is 6.39 Å². The fourth-order valence-corrected chi connectivity index (χ4v) is 2.90. The number of rotatable bonds is 4. The third-order valence-corrected chi connectivity index (χ3v) is 4.28. The average molecular weight is 315 g/mol. The molecule has 0 unspecified atom stereocenters. The molecule has 3 heterocycles. The SMILES string of the molecule is Cc1ncoc1C(=O)NCc1nccnc1C1CCN(C)CC1. The summed E-state index contributed by atoms with van der Waals surface area (Å²) in [6.45, 7) is 4.20. The van der Waals surface area contributed by atoms with Gasteiger partial charge in [-0.05, 0) is 39.9 Å². The molecule has 0 aliphatic carbocycles. The molecule has 7 heteroatoms. The Hall–Kier alpha value is -2.28. The Bertz CT molecular complexity index is 677. The molecule has 1 N–H and O–H groups in total. The molecule has 1 aliphatic rings. The van der Waals surface area contributed by atoms with E-state index in [4.69, 9.17) is 4.42 Å². The van der Waals surface area contributed by atoms with Crippen molar-refractivity contribution < 1.29 is 9.21 Å². The molecular weight excluding hydrogens is 294 g/mol. The Labute approximate surface area is 135 Å². The Morgan fingerprint density at radius 3 is 2.74 bits per heavy atom. The smallest absolute Gasteiger partial charge is 0.289 e. The number of hydrogen-bond donors (Lipinski definition) is 1. The third kappa shape index (κ3) is 3.56. The first kappa shape index (κ1) is 15.6. The number of aromatic nitrogens is 3. The minimum Gasteiger partial charge on any atom is -0.438 e. The average Bonchev–Trinajstić information content (AvgIpc) is 3.00. The molecule has 0 spiro atoms. The van der Waals surface area contributed by atoms with E-state index in [1.807, 2.05) is 0 Å². The highest BCUT2D eigenvalue weighted by molar-refractivity contribution is 5.92. The molecule has 3 rings (SSSR count). The molecule has 23 heavy (non-hydrogen) atoms. The maximum atomic E-state index is 12.1. The van der Waals surface area contributed by atoms with Crippen molar-refractivity contribution in [3.8, 4) is 0 Å². The van der Waals surface area contributed by atoms with Gasteiger partial charge in [0.25, 0.3) is 5.91 Å². The summed E-state index contributed by atoms with van der Waals surface area (Å²) in [5.74, 6) is 0.369. The van der Waals surface area contributed by atoms with Crippen molar-refractivity contribution in [2.45, 2.75) is 32.2 Å². The predicted molar refractivity (Wildman–Crippen MR) is 83.9 cm³/mol. The second-order valence-corrected chi connectivity index (χ2v) is 5.92. The van der Waals surface area contributed by atoms with E-state index in [1.54, 1.807) is 19.3 Å². The first-order valence-electron chi connectivity index (χ1n) is 7.81. The zero-order valence-corrected chi connectivity index (χ0v) is 13.5. The summed E-state index contributed by atoms with van der Waals surface area (Å²) in [5, 5.41) is 2.84. The standard InChI is InChI=1S/C16H21N5O2/c1-11-15(23-10-20-11)16(22)19-9-13-14(18-6-5-17-13)12-3-7-21(2)8-4-12/h5-6,10,12H,3-4,7-9H2,1-2H3,(H,19,22). The van der Waals surface area contributed by atoms with Crippen LogP contribution >= 0.6 is 0 Å². The Morgan fingerprint density at radius 2 is 2.04 bits per heavy atom. The number of nitrogens with one attached hydrogen (secondary N) is 1. The Balaban J connectivity index is 1.69. The molecule has 7 nitrogen and oxygen atoms in total. The molecule has 122 valence electrons. The van der Waals surface area contributed by atoms with E-state index < -0.39 is 0 Å². The van der Waals surface area contributed by atoms with Gasteiger partial charge >= 0.3 is 0 Å². The summed E-state index contributed by atoms with van der Waals surface area (Å²) in [7, 11) is 2.13. The summed E-state index contributed by atoms with van der Waals surface area (Å²) in [4.78, 5) is 27.3. The van der Waals surface area contributed by atoms with Crippen LogP contribution in [0.5, 0.6) is 0 Å². The van der Waals surface area contributed by atoms with Crippen molar-refractivity contribution in [2.75, 3.05) is 20.1 Å². The van der Waals surface area contributed by atoms with Crippen LogP contribution in [0.3, 0.4) is 0 Å². The van der Waals surface area contributed by atoms with Crippen LogP contribution in [0.1, 0.15) is 46.4 Å². The van der Waals surface area contributed by atoms with Gasteiger partial charge in [-0.15, -0.1) is 0 Å². The van der Waals surface area contributed by atoms with Gasteiger partial charge in [0.2, 0.25) is 5.76 Å². The molecule has 0 radical (unpaired) electrons. The lowest BCUT2D eigenvalue weighted by Gasteiger charge is -2.29. The summed E-state index contributed by atoms with van der Waals surface area (Å²) >= 11 is 0. The van der Waals surface area contributed by atoms with Gasteiger partial charge in [0.05, 0.1) is 23.6 Å². The van der Waals surface area contributed by atoms with E-state index in [2.05, 4.69) is 32.2 Å². The molecule has 1 aliphatic heterocycles. The number of aryl methyl sites for hydroxylation is 1. The van der Waals surface area contributed by atoms with Crippen LogP contribution in [0.2, 0.25) is 0 Å². The van der Waals surface area contributed by atoms with Gasteiger partial charge in [-0.3, -0.25) is 14.8 Å². The fourth-order valence-electron chi connectivity index (χ4n) is 2.90. The van der Waals surface area contributed by atoms with Crippen LogP contribution in [0.25, 0.3) is 0 Å². The van der Waals surface area contributed by atoms with Crippen LogP contribution in [-0.2, 0) is 6.54 Å². The zero-order valence-electron chi connectivity index (χ0n) is 13.5. The van der Waals surface area contributed by atoms with Crippen molar-refractivity contribution in [3.63, 3.8) is 0 Å². The number of carbonyl (C=O) groups is 1. The van der Waals surface area contributed by atoms with Gasteiger partial charge in [0, 0.05) is 18.3 Å². The lowest BCUT2D eigenvalue weighted by molar-refractivity contribution is 0.0921. The maximum Gasteiger partial charge on any atom is 0.289 e. The largest absolute Gasteiger partial charge is 0.438 e. The van der Waals surface area contributed by atoms with E-state index in [0.717, 1.165) is 37.3 Å². The highest BCUT2D eigenvalue weighted by atomic mass is 16.3. The highest BCUT2D eigenvalue weighted by Gasteiger charge is 2.23. The Kier molecular flexibility index (Phi) is 4.66. The Morgan fingerprint density at radius 1 is 1.30 bits per heavy atom. The molecule has 2 aromatic heterocycles. The summed E-state index contributed by atoms with van der Waals surface area (Å²) in [5.41, 5.74) is 2.40. The van der Waals surface area contributed by atoms with Crippen molar-refractivity contribution in [2.24, 2.45) is 0 Å². The van der Waals surface area contributed by atoms with Gasteiger partial charge in [0.1, 0.15) is 0 Å². The van der Waals surface area contributed by atoms with Crippen molar-refractivity contribution in [1.82, 2.24) is 25.2 Å². The van der Waals surface area contributed by atoms with Crippen molar-refractivity contribution in [1.29, 1.82) is 0 Å². The molecule has 0 saturated carbocycles. The van der Waals surface area contributed by atoms with Gasteiger partial charge in [-0.1, -0.05) is 0 Å². The lowest BCUT2D eigenvalue weighted by Crippen LogP contribution is -2.31. The monoisotopic (exact) mass is 315 g/mol. The van der Waals surface area contributed by atoms with Crippen LogP contribution < -0.4 is 5.32 Å². The summed E-state index contributed by atoms with van der Waals surface area (Å²) in [6, 6.07) is 0. The minimum atomic E-state index is -0.278.